The highest BCUT2D eigenvalue weighted by Crippen LogP contribution is 2.34. The monoisotopic (exact) mass is 445 g/mol. The zero-order valence-electron chi connectivity index (χ0n) is 19.8. The maximum Gasteiger partial charge on any atom is 0.252 e. The molecule has 1 N–H and O–H groups in total. The van der Waals surface area contributed by atoms with Gasteiger partial charge in [-0.15, -0.1) is 0 Å². The van der Waals surface area contributed by atoms with Crippen molar-refractivity contribution in [2.45, 2.75) is 45.6 Å². The number of amides is 1. The lowest BCUT2D eigenvalue weighted by Gasteiger charge is -2.26. The third-order valence-electron chi connectivity index (χ3n) is 6.01. The number of benzene rings is 3. The molecule has 0 radical (unpaired) electrons. The molecule has 1 unspecified atom stereocenters. The maximum absolute atomic E-state index is 12.6. The molecule has 0 aliphatic rings. The molecule has 5 nitrogen and oxygen atoms in total. The summed E-state index contributed by atoms with van der Waals surface area (Å²) in [7, 11) is 1.66. The molecule has 33 heavy (non-hydrogen) atoms. The van der Waals surface area contributed by atoms with Gasteiger partial charge < -0.3 is 14.8 Å². The minimum absolute atomic E-state index is 0.0168. The highest BCUT2D eigenvalue weighted by molar-refractivity contribution is 6.02. The average molecular weight is 446 g/mol. The van der Waals surface area contributed by atoms with E-state index in [0.29, 0.717) is 28.9 Å². The van der Waals surface area contributed by atoms with Crippen LogP contribution in [0, 0.1) is 0 Å². The maximum atomic E-state index is 12.6. The number of carbonyl (C=O) groups is 2. The van der Waals surface area contributed by atoms with Crippen molar-refractivity contribution >= 4 is 12.2 Å². The number of methoxy groups -OCH3 is 1. The lowest BCUT2D eigenvalue weighted by atomic mass is 9.78. The number of hydrogen-bond acceptors (Lipinski definition) is 4. The van der Waals surface area contributed by atoms with Crippen LogP contribution in [0.3, 0.4) is 0 Å². The fourth-order valence-corrected chi connectivity index (χ4v) is 3.55. The third kappa shape index (κ3) is 5.61. The summed E-state index contributed by atoms with van der Waals surface area (Å²) in [6.45, 7) is 8.26. The summed E-state index contributed by atoms with van der Waals surface area (Å²) in [5, 5.41) is 2.90. The highest BCUT2D eigenvalue weighted by atomic mass is 16.5. The van der Waals surface area contributed by atoms with Crippen molar-refractivity contribution in [3.8, 4) is 17.2 Å². The molecular weight excluding hydrogens is 414 g/mol. The number of hydrogen-bond donors (Lipinski definition) is 1. The van der Waals surface area contributed by atoms with E-state index in [1.165, 1.54) is 5.56 Å². The normalized spacial score (nSPS) is 12.0. The Bertz CT molecular complexity index is 1100. The van der Waals surface area contributed by atoms with E-state index in [2.05, 4.69) is 31.3 Å². The number of aldehydes is 1. The summed E-state index contributed by atoms with van der Waals surface area (Å²) in [5.74, 6) is 1.69. The second kappa shape index (κ2) is 10.3. The van der Waals surface area contributed by atoms with Crippen LogP contribution < -0.4 is 14.8 Å². The predicted octanol–water partition coefficient (Wildman–Crippen LogP) is 6.15. The van der Waals surface area contributed by atoms with Crippen LogP contribution in [0.2, 0.25) is 0 Å². The van der Waals surface area contributed by atoms with Gasteiger partial charge in [-0.05, 0) is 66.9 Å². The van der Waals surface area contributed by atoms with Gasteiger partial charge in [0.2, 0.25) is 0 Å². The Hall–Kier alpha value is -3.60. The van der Waals surface area contributed by atoms with Gasteiger partial charge in [0.05, 0.1) is 12.7 Å². The van der Waals surface area contributed by atoms with Crippen LogP contribution in [0.25, 0.3) is 0 Å². The van der Waals surface area contributed by atoms with Crippen molar-refractivity contribution in [3.05, 3.63) is 89.0 Å². The molecular formula is C28H31NO4. The van der Waals surface area contributed by atoms with Crippen molar-refractivity contribution in [2.75, 3.05) is 7.11 Å². The molecule has 0 aromatic heterocycles. The minimum atomic E-state index is -0.284. The van der Waals surface area contributed by atoms with Crippen LogP contribution in [0.5, 0.6) is 17.2 Å². The van der Waals surface area contributed by atoms with Crippen LogP contribution in [0.15, 0.2) is 66.7 Å². The molecule has 0 saturated heterocycles. The van der Waals surface area contributed by atoms with Crippen LogP contribution in [0.1, 0.15) is 66.0 Å². The molecule has 1 atom stereocenters. The molecule has 172 valence electrons. The van der Waals surface area contributed by atoms with Crippen molar-refractivity contribution < 1.29 is 19.1 Å². The molecule has 1 amide bonds. The SMILES string of the molecule is CCC(C)NC(=O)c1cc(Oc2ccc(C(C)(C)c3ccc(OC)cc3)cc2)ccc1C=O. The Labute approximate surface area is 195 Å². The quantitative estimate of drug-likeness (QED) is 0.401. The third-order valence-corrected chi connectivity index (χ3v) is 6.01. The lowest BCUT2D eigenvalue weighted by Crippen LogP contribution is -2.32. The van der Waals surface area contributed by atoms with E-state index in [9.17, 15) is 9.59 Å². The topological polar surface area (TPSA) is 64.6 Å². The Morgan fingerprint density at radius 1 is 0.939 bits per heavy atom. The largest absolute Gasteiger partial charge is 0.497 e. The van der Waals surface area contributed by atoms with Gasteiger partial charge in [-0.1, -0.05) is 45.0 Å². The van der Waals surface area contributed by atoms with Gasteiger partial charge in [-0.3, -0.25) is 9.59 Å². The second-order valence-electron chi connectivity index (χ2n) is 8.63. The molecule has 0 aliphatic heterocycles. The van der Waals surface area contributed by atoms with Crippen LogP contribution >= 0.6 is 0 Å². The highest BCUT2D eigenvalue weighted by Gasteiger charge is 2.23. The Morgan fingerprint density at radius 2 is 1.48 bits per heavy atom. The van der Waals surface area contributed by atoms with E-state index >= 15 is 0 Å². The van der Waals surface area contributed by atoms with E-state index in [4.69, 9.17) is 9.47 Å². The first-order valence-electron chi connectivity index (χ1n) is 11.1. The summed E-state index contributed by atoms with van der Waals surface area (Å²) in [5.41, 5.74) is 2.76. The van der Waals surface area contributed by atoms with E-state index in [-0.39, 0.29) is 17.4 Å². The smallest absolute Gasteiger partial charge is 0.252 e. The van der Waals surface area contributed by atoms with Gasteiger partial charge in [0.15, 0.2) is 6.29 Å². The molecule has 0 fully saturated rings. The molecule has 3 aromatic carbocycles. The molecule has 0 saturated carbocycles. The molecule has 3 aromatic rings. The molecule has 3 rings (SSSR count). The fraction of sp³-hybridized carbons (Fsp3) is 0.286. The van der Waals surface area contributed by atoms with Crippen molar-refractivity contribution in [3.63, 3.8) is 0 Å². The minimum Gasteiger partial charge on any atom is -0.497 e. The van der Waals surface area contributed by atoms with E-state index in [1.54, 1.807) is 25.3 Å². The van der Waals surface area contributed by atoms with Crippen LogP contribution in [-0.4, -0.2) is 25.3 Å². The van der Waals surface area contributed by atoms with Crippen molar-refractivity contribution in [2.24, 2.45) is 0 Å². The van der Waals surface area contributed by atoms with E-state index < -0.39 is 0 Å². The summed E-state index contributed by atoms with van der Waals surface area (Å²) in [6, 6.07) is 20.9. The lowest BCUT2D eigenvalue weighted by molar-refractivity contribution is 0.0933. The number of carbonyl (C=O) groups excluding carboxylic acids is 2. The van der Waals surface area contributed by atoms with E-state index in [0.717, 1.165) is 17.7 Å². The van der Waals surface area contributed by atoms with Gasteiger partial charge in [0.1, 0.15) is 17.2 Å². The fourth-order valence-electron chi connectivity index (χ4n) is 3.55. The summed E-state index contributed by atoms with van der Waals surface area (Å²) < 4.78 is 11.3. The van der Waals surface area contributed by atoms with E-state index in [1.807, 2.05) is 50.2 Å². The Kier molecular flexibility index (Phi) is 7.54. The van der Waals surface area contributed by atoms with Gasteiger partial charge in [0.25, 0.3) is 5.91 Å². The van der Waals surface area contributed by atoms with Crippen molar-refractivity contribution in [1.82, 2.24) is 5.32 Å². The van der Waals surface area contributed by atoms with Crippen LogP contribution in [0.4, 0.5) is 0 Å². The first kappa shape index (κ1) is 24.1. The van der Waals surface area contributed by atoms with Crippen molar-refractivity contribution in [1.29, 1.82) is 0 Å². The molecule has 0 spiro atoms. The van der Waals surface area contributed by atoms with Gasteiger partial charge in [-0.25, -0.2) is 0 Å². The number of ether oxygens (including phenoxy) is 2. The molecule has 0 bridgehead atoms. The Morgan fingerprint density at radius 3 is 2.00 bits per heavy atom. The summed E-state index contributed by atoms with van der Waals surface area (Å²) in [4.78, 5) is 24.0. The second-order valence-corrected chi connectivity index (χ2v) is 8.63. The first-order chi connectivity index (χ1) is 15.8. The molecule has 5 heteroatoms. The summed E-state index contributed by atoms with van der Waals surface area (Å²) >= 11 is 0. The zero-order chi connectivity index (χ0) is 24.0. The predicted molar refractivity (Wildman–Crippen MR) is 131 cm³/mol. The van der Waals surface area contributed by atoms with Crippen LogP contribution in [-0.2, 0) is 5.41 Å². The average Bonchev–Trinajstić information content (AvgIpc) is 2.84. The van der Waals surface area contributed by atoms with Gasteiger partial charge in [0, 0.05) is 17.0 Å². The van der Waals surface area contributed by atoms with Gasteiger partial charge >= 0.3 is 0 Å². The number of rotatable bonds is 9. The standard InChI is InChI=1S/C28H31NO4/c1-6-19(2)29-27(31)26-17-25(12-7-20(26)18-30)33-24-15-10-22(11-16-24)28(3,4)21-8-13-23(32-5)14-9-21/h7-19H,6H2,1-5H3,(H,29,31). The molecule has 0 aliphatic carbocycles. The van der Waals surface area contributed by atoms with Gasteiger partial charge in [-0.2, -0.15) is 0 Å². The summed E-state index contributed by atoms with van der Waals surface area (Å²) in [6.07, 6.45) is 1.49. The molecule has 0 heterocycles. The Balaban J connectivity index is 1.79. The zero-order valence-corrected chi connectivity index (χ0v) is 19.8. The number of nitrogens with one attached hydrogen (secondary N) is 1. The first-order valence-corrected chi connectivity index (χ1v) is 11.1.